The molecule has 2 aliphatic rings. The number of para-hydroxylation sites is 1. The van der Waals surface area contributed by atoms with Gasteiger partial charge in [-0.3, -0.25) is 4.79 Å². The Morgan fingerprint density at radius 3 is 2.30 bits per heavy atom. The van der Waals surface area contributed by atoms with Gasteiger partial charge in [-0.15, -0.1) is 0 Å². The average Bonchev–Trinajstić information content (AvgIpc) is 3.05. The minimum atomic E-state index is -0.313. The molecule has 0 aromatic heterocycles. The van der Waals surface area contributed by atoms with Gasteiger partial charge >= 0.3 is 0 Å². The van der Waals surface area contributed by atoms with Gasteiger partial charge in [0.1, 0.15) is 11.6 Å². The Balaban J connectivity index is 1.41. The molecule has 0 unspecified atom stereocenters. The number of nitrogens with zero attached hydrogens (tertiary/aromatic N) is 3. The largest absolute Gasteiger partial charge is 0.366 e. The molecule has 7 heteroatoms. The standard InChI is InChI=1S/C20H17F2N3OS/c21-15-7-5-14(6-8-15)13-18-19(26)23-20(27-18)25-11-9-24(10-12-25)17-4-2-1-3-16(17)22/h1-8,13H,9-12H2. The Labute approximate surface area is 160 Å². The summed E-state index contributed by atoms with van der Waals surface area (Å²) in [7, 11) is 0. The van der Waals surface area contributed by atoms with Gasteiger partial charge in [-0.1, -0.05) is 24.3 Å². The van der Waals surface area contributed by atoms with Crippen molar-refractivity contribution in [2.75, 3.05) is 31.1 Å². The lowest BCUT2D eigenvalue weighted by atomic mass is 10.2. The number of amidine groups is 1. The normalized spacial score (nSPS) is 19.0. The number of thioether (sulfide) groups is 1. The summed E-state index contributed by atoms with van der Waals surface area (Å²) >= 11 is 1.33. The second kappa shape index (κ2) is 7.52. The molecule has 0 atom stereocenters. The first-order valence-corrected chi connectivity index (χ1v) is 9.44. The first-order chi connectivity index (χ1) is 13.1. The summed E-state index contributed by atoms with van der Waals surface area (Å²) in [6.07, 6.45) is 1.72. The van der Waals surface area contributed by atoms with Gasteiger partial charge in [0.15, 0.2) is 5.17 Å². The van der Waals surface area contributed by atoms with Crippen molar-refractivity contribution in [1.82, 2.24) is 4.90 Å². The molecule has 0 bridgehead atoms. The van der Waals surface area contributed by atoms with Gasteiger partial charge in [0, 0.05) is 26.2 Å². The van der Waals surface area contributed by atoms with E-state index in [0.717, 1.165) is 5.56 Å². The summed E-state index contributed by atoms with van der Waals surface area (Å²) in [6.45, 7) is 2.64. The quantitative estimate of drug-likeness (QED) is 0.738. The zero-order chi connectivity index (χ0) is 18.8. The number of anilines is 1. The smallest absolute Gasteiger partial charge is 0.286 e. The molecule has 2 aliphatic heterocycles. The predicted molar refractivity (Wildman–Crippen MR) is 105 cm³/mol. The van der Waals surface area contributed by atoms with Gasteiger partial charge in [-0.05, 0) is 47.7 Å². The molecular formula is C20H17F2N3OS. The van der Waals surface area contributed by atoms with E-state index in [1.54, 1.807) is 30.3 Å². The number of carbonyl (C=O) groups excluding carboxylic acids is 1. The van der Waals surface area contributed by atoms with E-state index < -0.39 is 0 Å². The molecule has 4 nitrogen and oxygen atoms in total. The Hall–Kier alpha value is -2.67. The molecule has 0 spiro atoms. The fraction of sp³-hybridized carbons (Fsp3) is 0.200. The summed E-state index contributed by atoms with van der Waals surface area (Å²) in [5, 5.41) is 0.668. The molecule has 2 aromatic rings. The van der Waals surface area contributed by atoms with Crippen LogP contribution in [0, 0.1) is 11.6 Å². The fourth-order valence-electron chi connectivity index (χ4n) is 3.09. The summed E-state index contributed by atoms with van der Waals surface area (Å²) in [6, 6.07) is 12.7. The molecule has 4 rings (SSSR count). The van der Waals surface area contributed by atoms with Crippen LogP contribution in [-0.4, -0.2) is 42.2 Å². The van der Waals surface area contributed by atoms with Gasteiger partial charge in [-0.25, -0.2) is 8.78 Å². The number of hydrogen-bond acceptors (Lipinski definition) is 4. The number of piperazine rings is 1. The first kappa shape index (κ1) is 17.7. The average molecular weight is 385 g/mol. The number of halogens is 2. The predicted octanol–water partition coefficient (Wildman–Crippen LogP) is 3.76. The Kier molecular flexibility index (Phi) is 4.94. The lowest BCUT2D eigenvalue weighted by Crippen LogP contribution is -2.48. The first-order valence-electron chi connectivity index (χ1n) is 8.63. The van der Waals surface area contributed by atoms with Crippen molar-refractivity contribution in [3.8, 4) is 0 Å². The van der Waals surface area contributed by atoms with Gasteiger partial charge in [0.05, 0.1) is 10.6 Å². The lowest BCUT2D eigenvalue weighted by Gasteiger charge is -2.36. The Morgan fingerprint density at radius 1 is 0.926 bits per heavy atom. The third kappa shape index (κ3) is 3.88. The van der Waals surface area contributed by atoms with Crippen LogP contribution in [0.25, 0.3) is 6.08 Å². The van der Waals surface area contributed by atoms with Crippen molar-refractivity contribution in [3.05, 3.63) is 70.6 Å². The zero-order valence-electron chi connectivity index (χ0n) is 14.4. The number of carbonyl (C=O) groups is 1. The summed E-state index contributed by atoms with van der Waals surface area (Å²) < 4.78 is 27.0. The highest BCUT2D eigenvalue weighted by Crippen LogP contribution is 2.31. The van der Waals surface area contributed by atoms with E-state index in [0.29, 0.717) is 41.9 Å². The van der Waals surface area contributed by atoms with E-state index in [1.807, 2.05) is 15.9 Å². The number of hydrogen-bond donors (Lipinski definition) is 0. The maximum absolute atomic E-state index is 13.9. The van der Waals surface area contributed by atoms with Crippen molar-refractivity contribution in [2.24, 2.45) is 4.99 Å². The van der Waals surface area contributed by atoms with Crippen LogP contribution >= 0.6 is 11.8 Å². The molecule has 0 N–H and O–H groups in total. The van der Waals surface area contributed by atoms with Crippen LogP contribution < -0.4 is 4.90 Å². The second-order valence-corrected chi connectivity index (χ2v) is 7.30. The highest BCUT2D eigenvalue weighted by molar-refractivity contribution is 8.18. The van der Waals surface area contributed by atoms with E-state index in [4.69, 9.17) is 0 Å². The van der Waals surface area contributed by atoms with Crippen molar-refractivity contribution in [3.63, 3.8) is 0 Å². The van der Waals surface area contributed by atoms with Crippen LogP contribution in [-0.2, 0) is 4.79 Å². The van der Waals surface area contributed by atoms with Crippen molar-refractivity contribution in [1.29, 1.82) is 0 Å². The maximum atomic E-state index is 13.9. The molecule has 1 saturated heterocycles. The van der Waals surface area contributed by atoms with Crippen LogP contribution in [0.15, 0.2) is 58.4 Å². The topological polar surface area (TPSA) is 35.9 Å². The molecule has 0 radical (unpaired) electrons. The zero-order valence-corrected chi connectivity index (χ0v) is 15.3. The van der Waals surface area contributed by atoms with Gasteiger partial charge in [-0.2, -0.15) is 4.99 Å². The van der Waals surface area contributed by atoms with E-state index in [1.165, 1.54) is 30.0 Å². The third-order valence-electron chi connectivity index (χ3n) is 4.52. The Bertz CT molecular complexity index is 919. The summed E-state index contributed by atoms with van der Waals surface area (Å²) in [4.78, 5) is 20.9. The molecule has 0 aliphatic carbocycles. The summed E-state index contributed by atoms with van der Waals surface area (Å²) in [5.41, 5.74) is 1.36. The minimum Gasteiger partial charge on any atom is -0.366 e. The molecular weight excluding hydrogens is 368 g/mol. The maximum Gasteiger partial charge on any atom is 0.286 e. The van der Waals surface area contributed by atoms with E-state index in [2.05, 4.69) is 4.99 Å². The monoisotopic (exact) mass is 385 g/mol. The number of amides is 1. The molecule has 138 valence electrons. The molecule has 27 heavy (non-hydrogen) atoms. The van der Waals surface area contributed by atoms with Gasteiger partial charge in [0.25, 0.3) is 5.91 Å². The highest BCUT2D eigenvalue weighted by atomic mass is 32.2. The van der Waals surface area contributed by atoms with Gasteiger partial charge in [0.2, 0.25) is 0 Å². The Morgan fingerprint density at radius 2 is 1.59 bits per heavy atom. The number of aliphatic imine (C=N–C) groups is 1. The van der Waals surface area contributed by atoms with Crippen molar-refractivity contribution >= 4 is 34.6 Å². The van der Waals surface area contributed by atoms with Crippen LogP contribution in [0.3, 0.4) is 0 Å². The van der Waals surface area contributed by atoms with Gasteiger partial charge < -0.3 is 9.80 Å². The number of benzene rings is 2. The van der Waals surface area contributed by atoms with E-state index in [-0.39, 0.29) is 17.5 Å². The SMILES string of the molecule is O=C1N=C(N2CCN(c3ccccc3F)CC2)SC1=Cc1ccc(F)cc1. The fourth-order valence-corrected chi connectivity index (χ4v) is 4.06. The van der Waals surface area contributed by atoms with Crippen LogP contribution in [0.1, 0.15) is 5.56 Å². The molecule has 2 heterocycles. The highest BCUT2D eigenvalue weighted by Gasteiger charge is 2.29. The second-order valence-electron chi connectivity index (χ2n) is 6.29. The van der Waals surface area contributed by atoms with E-state index in [9.17, 15) is 13.6 Å². The summed E-state index contributed by atoms with van der Waals surface area (Å²) in [5.74, 6) is -0.818. The molecule has 1 fully saturated rings. The van der Waals surface area contributed by atoms with Crippen LogP contribution in [0.4, 0.5) is 14.5 Å². The van der Waals surface area contributed by atoms with Crippen molar-refractivity contribution in [2.45, 2.75) is 0 Å². The van der Waals surface area contributed by atoms with E-state index >= 15 is 0 Å². The van der Waals surface area contributed by atoms with Crippen molar-refractivity contribution < 1.29 is 13.6 Å². The molecule has 2 aromatic carbocycles. The molecule has 0 saturated carbocycles. The lowest BCUT2D eigenvalue weighted by molar-refractivity contribution is -0.113. The third-order valence-corrected chi connectivity index (χ3v) is 5.56. The number of rotatable bonds is 2. The van der Waals surface area contributed by atoms with Crippen LogP contribution in [0.5, 0.6) is 0 Å². The minimum absolute atomic E-state index is 0.224. The molecule has 1 amide bonds. The van der Waals surface area contributed by atoms with Crippen LogP contribution in [0.2, 0.25) is 0 Å².